The topological polar surface area (TPSA) is 60.9 Å². The molecule has 3 aromatic heterocycles. The van der Waals surface area contributed by atoms with Crippen LogP contribution in [0, 0.1) is 0 Å². The summed E-state index contributed by atoms with van der Waals surface area (Å²) in [6.45, 7) is 2.10. The van der Waals surface area contributed by atoms with E-state index in [0.29, 0.717) is 0 Å². The van der Waals surface area contributed by atoms with Crippen molar-refractivity contribution in [3.05, 3.63) is 53.3 Å². The summed E-state index contributed by atoms with van der Waals surface area (Å²) in [7, 11) is 0. The molecule has 0 amide bonds. The van der Waals surface area contributed by atoms with E-state index < -0.39 is 0 Å². The molecular formula is C15H13BrN6. The van der Waals surface area contributed by atoms with Gasteiger partial charge in [0.05, 0.1) is 16.2 Å². The first kappa shape index (κ1) is 13.4. The van der Waals surface area contributed by atoms with E-state index in [1.54, 1.807) is 17.0 Å². The monoisotopic (exact) mass is 356 g/mol. The van der Waals surface area contributed by atoms with E-state index in [1.807, 2.05) is 35.1 Å². The highest BCUT2D eigenvalue weighted by Crippen LogP contribution is 2.23. The standard InChI is InChI=1S/C15H13BrN6/c1-2-13(21-8-10(16)7-18-21)14-19-15-11-5-3-4-6-12(11)17-9-22(15)20-14/h3-9,13H,2H2,1H3/t13-/m1/s1. The van der Waals surface area contributed by atoms with Gasteiger partial charge in [0.1, 0.15) is 12.4 Å². The zero-order valence-corrected chi connectivity index (χ0v) is 13.5. The highest BCUT2D eigenvalue weighted by Gasteiger charge is 2.19. The molecule has 110 valence electrons. The number of para-hydroxylation sites is 1. The Kier molecular flexibility index (Phi) is 3.15. The Hall–Kier alpha value is -2.28. The van der Waals surface area contributed by atoms with Crippen LogP contribution >= 0.6 is 15.9 Å². The van der Waals surface area contributed by atoms with Crippen LogP contribution in [0.4, 0.5) is 0 Å². The molecule has 1 aromatic carbocycles. The number of hydrogen-bond donors (Lipinski definition) is 0. The minimum atomic E-state index is 0.00459. The van der Waals surface area contributed by atoms with Gasteiger partial charge in [-0.1, -0.05) is 19.1 Å². The smallest absolute Gasteiger partial charge is 0.176 e. The quantitative estimate of drug-likeness (QED) is 0.565. The molecule has 3 heterocycles. The third-order valence-electron chi connectivity index (χ3n) is 3.67. The van der Waals surface area contributed by atoms with Crippen LogP contribution in [0.1, 0.15) is 25.2 Å². The minimum absolute atomic E-state index is 0.00459. The van der Waals surface area contributed by atoms with Gasteiger partial charge in [0.15, 0.2) is 11.5 Å². The van der Waals surface area contributed by atoms with E-state index in [-0.39, 0.29) is 6.04 Å². The molecule has 7 heteroatoms. The molecule has 0 aliphatic heterocycles. The zero-order chi connectivity index (χ0) is 15.1. The second-order valence-corrected chi connectivity index (χ2v) is 5.98. The van der Waals surface area contributed by atoms with Gasteiger partial charge in [0.2, 0.25) is 0 Å². The number of halogens is 1. The first-order chi connectivity index (χ1) is 10.8. The predicted molar refractivity (Wildman–Crippen MR) is 86.6 cm³/mol. The van der Waals surface area contributed by atoms with Gasteiger partial charge in [-0.3, -0.25) is 4.68 Å². The number of fused-ring (bicyclic) bond motifs is 3. The van der Waals surface area contributed by atoms with Crippen molar-refractivity contribution in [2.45, 2.75) is 19.4 Å². The van der Waals surface area contributed by atoms with Crippen molar-refractivity contribution in [1.82, 2.24) is 29.4 Å². The number of hydrogen-bond acceptors (Lipinski definition) is 4. The lowest BCUT2D eigenvalue weighted by Gasteiger charge is -2.10. The summed E-state index contributed by atoms with van der Waals surface area (Å²) in [5.41, 5.74) is 1.74. The number of nitrogens with zero attached hydrogens (tertiary/aromatic N) is 6. The normalized spacial score (nSPS) is 13.0. The maximum absolute atomic E-state index is 4.73. The van der Waals surface area contributed by atoms with E-state index in [4.69, 9.17) is 4.98 Å². The second-order valence-electron chi connectivity index (χ2n) is 5.06. The van der Waals surface area contributed by atoms with Crippen molar-refractivity contribution in [2.75, 3.05) is 0 Å². The van der Waals surface area contributed by atoms with E-state index in [9.17, 15) is 0 Å². The highest BCUT2D eigenvalue weighted by atomic mass is 79.9. The Labute approximate surface area is 134 Å². The minimum Gasteiger partial charge on any atom is -0.261 e. The fraction of sp³-hybridized carbons (Fsp3) is 0.200. The molecule has 4 rings (SSSR count). The Morgan fingerprint density at radius 3 is 2.91 bits per heavy atom. The van der Waals surface area contributed by atoms with Crippen molar-refractivity contribution in [3.63, 3.8) is 0 Å². The van der Waals surface area contributed by atoms with Crippen LogP contribution in [0.25, 0.3) is 16.6 Å². The lowest BCUT2D eigenvalue weighted by molar-refractivity contribution is 0.484. The summed E-state index contributed by atoms with van der Waals surface area (Å²) in [6, 6.07) is 7.96. The van der Waals surface area contributed by atoms with Crippen LogP contribution in [-0.4, -0.2) is 29.4 Å². The van der Waals surface area contributed by atoms with Crippen molar-refractivity contribution in [1.29, 1.82) is 0 Å². The Morgan fingerprint density at radius 2 is 2.14 bits per heavy atom. The Morgan fingerprint density at radius 1 is 1.27 bits per heavy atom. The van der Waals surface area contributed by atoms with E-state index in [0.717, 1.165) is 33.3 Å². The molecule has 0 radical (unpaired) electrons. The van der Waals surface area contributed by atoms with Gasteiger partial charge in [-0.2, -0.15) is 5.10 Å². The van der Waals surface area contributed by atoms with E-state index in [1.165, 1.54) is 0 Å². The van der Waals surface area contributed by atoms with Gasteiger partial charge in [-0.05, 0) is 34.5 Å². The number of benzene rings is 1. The van der Waals surface area contributed by atoms with Crippen LogP contribution in [0.3, 0.4) is 0 Å². The third-order valence-corrected chi connectivity index (χ3v) is 4.08. The molecule has 6 nitrogen and oxygen atoms in total. The van der Waals surface area contributed by atoms with Gasteiger partial charge >= 0.3 is 0 Å². The number of aromatic nitrogens is 6. The van der Waals surface area contributed by atoms with Crippen LogP contribution in [0.15, 0.2) is 47.5 Å². The first-order valence-electron chi connectivity index (χ1n) is 7.06. The fourth-order valence-corrected chi connectivity index (χ4v) is 2.91. The van der Waals surface area contributed by atoms with Crippen LogP contribution in [0.2, 0.25) is 0 Å². The Bertz CT molecular complexity index is 957. The maximum atomic E-state index is 4.73. The molecule has 0 unspecified atom stereocenters. The summed E-state index contributed by atoms with van der Waals surface area (Å²) in [4.78, 5) is 9.15. The highest BCUT2D eigenvalue weighted by molar-refractivity contribution is 9.10. The largest absolute Gasteiger partial charge is 0.261 e. The molecule has 4 aromatic rings. The SMILES string of the molecule is CC[C@H](c1nc2c3ccccc3ncn2n1)n1cc(Br)cn1. The fourth-order valence-electron chi connectivity index (χ4n) is 2.61. The van der Waals surface area contributed by atoms with Crippen LogP contribution in [-0.2, 0) is 0 Å². The molecule has 0 spiro atoms. The predicted octanol–water partition coefficient (Wildman–Crippen LogP) is 3.24. The molecule has 0 aliphatic carbocycles. The molecular weight excluding hydrogens is 344 g/mol. The molecule has 22 heavy (non-hydrogen) atoms. The van der Waals surface area contributed by atoms with E-state index >= 15 is 0 Å². The van der Waals surface area contributed by atoms with Crippen LogP contribution in [0.5, 0.6) is 0 Å². The summed E-state index contributed by atoms with van der Waals surface area (Å²) >= 11 is 3.43. The summed E-state index contributed by atoms with van der Waals surface area (Å²) < 4.78 is 4.56. The molecule has 1 atom stereocenters. The lowest BCUT2D eigenvalue weighted by atomic mass is 10.2. The van der Waals surface area contributed by atoms with Gasteiger partial charge < -0.3 is 0 Å². The third kappa shape index (κ3) is 2.09. The van der Waals surface area contributed by atoms with Crippen LogP contribution < -0.4 is 0 Å². The second kappa shape index (κ2) is 5.17. The first-order valence-corrected chi connectivity index (χ1v) is 7.85. The van der Waals surface area contributed by atoms with Gasteiger partial charge in [0.25, 0.3) is 0 Å². The van der Waals surface area contributed by atoms with Crippen molar-refractivity contribution in [3.8, 4) is 0 Å². The average Bonchev–Trinajstić information content (AvgIpc) is 3.15. The maximum Gasteiger partial charge on any atom is 0.176 e. The molecule has 0 bridgehead atoms. The summed E-state index contributed by atoms with van der Waals surface area (Å²) in [5.74, 6) is 0.747. The van der Waals surface area contributed by atoms with Crippen molar-refractivity contribution < 1.29 is 0 Å². The van der Waals surface area contributed by atoms with Crippen molar-refractivity contribution >= 4 is 32.5 Å². The lowest BCUT2D eigenvalue weighted by Crippen LogP contribution is -2.12. The molecule has 0 saturated heterocycles. The molecule has 0 N–H and O–H groups in total. The number of rotatable bonds is 3. The van der Waals surface area contributed by atoms with Gasteiger partial charge in [-0.15, -0.1) is 5.10 Å². The molecule has 0 saturated carbocycles. The average molecular weight is 357 g/mol. The zero-order valence-electron chi connectivity index (χ0n) is 11.9. The Balaban J connectivity index is 1.89. The van der Waals surface area contributed by atoms with E-state index in [2.05, 4.69) is 38.0 Å². The summed E-state index contributed by atoms with van der Waals surface area (Å²) in [6.07, 6.45) is 6.28. The van der Waals surface area contributed by atoms with Gasteiger partial charge in [-0.25, -0.2) is 14.5 Å². The molecule has 0 fully saturated rings. The molecule has 0 aliphatic rings. The van der Waals surface area contributed by atoms with Crippen molar-refractivity contribution in [2.24, 2.45) is 0 Å². The summed E-state index contributed by atoms with van der Waals surface area (Å²) in [5, 5.41) is 9.95. The van der Waals surface area contributed by atoms with Gasteiger partial charge in [0, 0.05) is 11.6 Å².